The number of aromatic amines is 1. The van der Waals surface area contributed by atoms with E-state index in [-0.39, 0.29) is 11.7 Å². The lowest BCUT2D eigenvalue weighted by atomic mass is 9.96. The molecule has 0 radical (unpaired) electrons. The number of para-hydroxylation sites is 1. The first-order valence-corrected chi connectivity index (χ1v) is 13.2. The van der Waals surface area contributed by atoms with E-state index in [4.69, 9.17) is 0 Å². The van der Waals surface area contributed by atoms with Crippen LogP contribution in [0.3, 0.4) is 0 Å². The van der Waals surface area contributed by atoms with Crippen molar-refractivity contribution in [3.63, 3.8) is 0 Å². The fraction of sp³-hybridized carbons (Fsp3) is 0.360. The predicted octanol–water partition coefficient (Wildman–Crippen LogP) is 5.46. The molecule has 1 aromatic carbocycles. The molecule has 1 aliphatic carbocycles. The van der Waals surface area contributed by atoms with Crippen molar-refractivity contribution in [2.24, 2.45) is 5.41 Å². The third-order valence-corrected chi connectivity index (χ3v) is 7.85. The molecule has 1 fully saturated rings. The molecular weight excluding hydrogens is 466 g/mol. The normalized spacial score (nSPS) is 14.0. The molecule has 2 N–H and O–H groups in total. The highest BCUT2D eigenvalue weighted by molar-refractivity contribution is 7.99. The van der Waals surface area contributed by atoms with E-state index in [1.807, 2.05) is 51.2 Å². The number of H-pyrrole nitrogens is 1. The molecule has 0 saturated heterocycles. The summed E-state index contributed by atoms with van der Waals surface area (Å²) in [5.41, 5.74) is 1.67. The molecular formula is C25H27N5O2S2. The number of thioether (sulfide) groups is 1. The van der Waals surface area contributed by atoms with Crippen LogP contribution in [0.4, 0.5) is 0 Å². The first-order valence-electron chi connectivity index (χ1n) is 11.4. The summed E-state index contributed by atoms with van der Waals surface area (Å²) in [7, 11) is 0. The van der Waals surface area contributed by atoms with Gasteiger partial charge in [0.1, 0.15) is 0 Å². The average molecular weight is 494 g/mol. The van der Waals surface area contributed by atoms with E-state index in [1.165, 1.54) is 23.1 Å². The van der Waals surface area contributed by atoms with Gasteiger partial charge in [-0.1, -0.05) is 50.7 Å². The lowest BCUT2D eigenvalue weighted by Gasteiger charge is -2.17. The van der Waals surface area contributed by atoms with Gasteiger partial charge in [-0.3, -0.25) is 14.2 Å². The third kappa shape index (κ3) is 4.67. The number of carbonyl (C=O) groups excluding carboxylic acids is 2. The Morgan fingerprint density at radius 3 is 2.74 bits per heavy atom. The molecule has 3 heterocycles. The second-order valence-electron chi connectivity index (χ2n) is 9.57. The lowest BCUT2D eigenvalue weighted by molar-refractivity contribution is -0.128. The highest BCUT2D eigenvalue weighted by atomic mass is 32.2. The second-order valence-corrected chi connectivity index (χ2v) is 11.7. The minimum Gasteiger partial charge on any atom is -0.360 e. The summed E-state index contributed by atoms with van der Waals surface area (Å²) in [6, 6.07) is 12.3. The van der Waals surface area contributed by atoms with Crippen molar-refractivity contribution >= 4 is 45.7 Å². The van der Waals surface area contributed by atoms with Crippen molar-refractivity contribution in [2.45, 2.75) is 51.4 Å². The Morgan fingerprint density at radius 2 is 1.97 bits per heavy atom. The van der Waals surface area contributed by atoms with Crippen LogP contribution in [-0.2, 0) is 11.3 Å². The van der Waals surface area contributed by atoms with Gasteiger partial charge < -0.3 is 10.3 Å². The van der Waals surface area contributed by atoms with Crippen molar-refractivity contribution in [3.8, 4) is 11.4 Å². The molecule has 0 atom stereocenters. The second kappa shape index (κ2) is 9.03. The van der Waals surface area contributed by atoms with Crippen LogP contribution in [0.2, 0.25) is 0 Å². The van der Waals surface area contributed by atoms with Gasteiger partial charge in [-0.15, -0.1) is 21.5 Å². The summed E-state index contributed by atoms with van der Waals surface area (Å²) >= 11 is 2.87. The molecule has 9 heteroatoms. The van der Waals surface area contributed by atoms with Gasteiger partial charge >= 0.3 is 0 Å². The Kier molecular flexibility index (Phi) is 6.07. The number of amides is 1. The summed E-state index contributed by atoms with van der Waals surface area (Å²) in [5, 5.41) is 13.8. The van der Waals surface area contributed by atoms with Crippen LogP contribution in [0.15, 0.2) is 47.8 Å². The molecule has 0 aliphatic heterocycles. The fourth-order valence-corrected chi connectivity index (χ4v) is 5.60. The molecule has 1 amide bonds. The smallest absolute Gasteiger partial charge is 0.225 e. The summed E-state index contributed by atoms with van der Waals surface area (Å²) < 4.78 is 2.19. The van der Waals surface area contributed by atoms with Crippen molar-refractivity contribution < 1.29 is 9.59 Å². The maximum atomic E-state index is 12.9. The molecule has 1 saturated carbocycles. The summed E-state index contributed by atoms with van der Waals surface area (Å²) in [6.07, 6.45) is 4.19. The van der Waals surface area contributed by atoms with Gasteiger partial charge in [0.25, 0.3) is 0 Å². The maximum Gasteiger partial charge on any atom is 0.225 e. The zero-order valence-corrected chi connectivity index (χ0v) is 21.1. The molecule has 5 rings (SSSR count). The van der Waals surface area contributed by atoms with E-state index in [1.54, 1.807) is 0 Å². The van der Waals surface area contributed by atoms with E-state index >= 15 is 0 Å². The summed E-state index contributed by atoms with van der Waals surface area (Å²) in [4.78, 5) is 29.9. The number of nitrogens with zero attached hydrogens (tertiary/aromatic N) is 3. The lowest BCUT2D eigenvalue weighted by Crippen LogP contribution is -2.34. The number of thiophene rings is 1. The Hall–Kier alpha value is -2.91. The van der Waals surface area contributed by atoms with Gasteiger partial charge in [-0.25, -0.2) is 0 Å². The molecule has 176 valence electrons. The van der Waals surface area contributed by atoms with E-state index in [2.05, 4.69) is 37.2 Å². The van der Waals surface area contributed by atoms with Crippen LogP contribution >= 0.6 is 23.1 Å². The number of hydrogen-bond donors (Lipinski definition) is 2. The Balaban J connectivity index is 1.28. The number of fused-ring (bicyclic) bond motifs is 1. The molecule has 7 nitrogen and oxygen atoms in total. The van der Waals surface area contributed by atoms with E-state index in [0.717, 1.165) is 45.2 Å². The molecule has 4 aromatic rings. The van der Waals surface area contributed by atoms with E-state index < -0.39 is 5.41 Å². The molecule has 34 heavy (non-hydrogen) atoms. The number of ketones is 1. The molecule has 0 unspecified atom stereocenters. The Labute approximate surface area is 206 Å². The SMILES string of the molecule is CC(C)(C)C(=O)NCc1ccc(C(=O)CSc2nnc(-c3c[nH]c4ccccc34)n2C2CC2)s1. The van der Waals surface area contributed by atoms with Crippen LogP contribution in [-0.4, -0.2) is 37.2 Å². The Bertz CT molecular complexity index is 1360. The van der Waals surface area contributed by atoms with Crippen molar-refractivity contribution in [3.05, 3.63) is 52.3 Å². The average Bonchev–Trinajstić information content (AvgIpc) is 3.22. The molecule has 0 bridgehead atoms. The van der Waals surface area contributed by atoms with Crippen LogP contribution in [0.25, 0.3) is 22.3 Å². The number of nitrogens with one attached hydrogen (secondary N) is 2. The topological polar surface area (TPSA) is 92.7 Å². The summed E-state index contributed by atoms with van der Waals surface area (Å²) in [6.45, 7) is 6.08. The highest BCUT2D eigenvalue weighted by Gasteiger charge is 2.31. The van der Waals surface area contributed by atoms with Crippen LogP contribution < -0.4 is 5.32 Å². The third-order valence-electron chi connectivity index (χ3n) is 5.78. The van der Waals surface area contributed by atoms with Crippen molar-refractivity contribution in [1.29, 1.82) is 0 Å². The van der Waals surface area contributed by atoms with Crippen molar-refractivity contribution in [2.75, 3.05) is 5.75 Å². The van der Waals surface area contributed by atoms with Crippen molar-refractivity contribution in [1.82, 2.24) is 25.1 Å². The monoisotopic (exact) mass is 493 g/mol. The first kappa shape index (κ1) is 22.9. The number of aromatic nitrogens is 4. The zero-order valence-electron chi connectivity index (χ0n) is 19.4. The summed E-state index contributed by atoms with van der Waals surface area (Å²) in [5.74, 6) is 1.20. The first-order chi connectivity index (χ1) is 16.3. The molecule has 0 spiro atoms. The van der Waals surface area contributed by atoms with Gasteiger partial charge in [0.15, 0.2) is 16.8 Å². The standard InChI is InChI=1S/C25H27N5O2S2/c1-25(2,3)23(32)27-12-16-10-11-21(34-16)20(31)14-33-24-29-28-22(30(24)15-8-9-15)18-13-26-19-7-5-4-6-17(18)19/h4-7,10-11,13,15,26H,8-9,12,14H2,1-3H3,(H,27,32). The van der Waals surface area contributed by atoms with E-state index in [9.17, 15) is 9.59 Å². The van der Waals surface area contributed by atoms with Crippen LogP contribution in [0.5, 0.6) is 0 Å². The molecule has 3 aromatic heterocycles. The van der Waals surface area contributed by atoms with Gasteiger partial charge in [-0.05, 0) is 31.0 Å². The van der Waals surface area contributed by atoms with Gasteiger partial charge in [-0.2, -0.15) is 0 Å². The number of rotatable bonds is 8. The number of benzene rings is 1. The fourth-order valence-electron chi connectivity index (χ4n) is 3.73. The zero-order chi connectivity index (χ0) is 23.9. The van der Waals surface area contributed by atoms with Gasteiger partial charge in [0.05, 0.1) is 17.2 Å². The molecule has 1 aliphatic rings. The maximum absolute atomic E-state index is 12.9. The van der Waals surface area contributed by atoms with Gasteiger partial charge in [0, 0.05) is 39.0 Å². The minimum atomic E-state index is -0.435. The highest BCUT2D eigenvalue weighted by Crippen LogP contribution is 2.42. The minimum absolute atomic E-state index is 0.00486. The quantitative estimate of drug-likeness (QED) is 0.251. The largest absolute Gasteiger partial charge is 0.360 e. The number of carbonyl (C=O) groups is 2. The number of hydrogen-bond acceptors (Lipinski definition) is 6. The predicted molar refractivity (Wildman–Crippen MR) is 136 cm³/mol. The van der Waals surface area contributed by atoms with Crippen LogP contribution in [0, 0.1) is 5.41 Å². The van der Waals surface area contributed by atoms with Gasteiger partial charge in [0.2, 0.25) is 5.91 Å². The van der Waals surface area contributed by atoms with Crippen LogP contribution in [0.1, 0.15) is 54.2 Å². The Morgan fingerprint density at radius 1 is 1.18 bits per heavy atom. The number of Topliss-reactive ketones (excluding diaryl/α,β-unsaturated/α-hetero) is 1. The van der Waals surface area contributed by atoms with E-state index in [0.29, 0.717) is 23.2 Å².